The van der Waals surface area contributed by atoms with Gasteiger partial charge in [-0.2, -0.15) is 0 Å². The number of anilines is 2. The number of rotatable bonds is 5. The van der Waals surface area contributed by atoms with E-state index in [2.05, 4.69) is 15.7 Å². The zero-order chi connectivity index (χ0) is 20.4. The van der Waals surface area contributed by atoms with Crippen LogP contribution in [0.2, 0.25) is 0 Å². The van der Waals surface area contributed by atoms with Gasteiger partial charge in [-0.3, -0.25) is 9.52 Å². The van der Waals surface area contributed by atoms with Crippen molar-refractivity contribution in [1.82, 2.24) is 9.88 Å². The van der Waals surface area contributed by atoms with Crippen LogP contribution in [-0.4, -0.2) is 56.6 Å². The van der Waals surface area contributed by atoms with Crippen LogP contribution in [-0.2, 0) is 21.2 Å². The molecular weight excluding hydrogens is 408 g/mol. The van der Waals surface area contributed by atoms with Gasteiger partial charge >= 0.3 is 0 Å². The Kier molecular flexibility index (Phi) is 5.42. The van der Waals surface area contributed by atoms with Crippen molar-refractivity contribution in [3.63, 3.8) is 0 Å². The van der Waals surface area contributed by atoms with Gasteiger partial charge in [-0.15, -0.1) is 0 Å². The molecule has 4 rings (SSSR count). The molecule has 0 radical (unpaired) electrons. The fourth-order valence-electron chi connectivity index (χ4n) is 3.33. The number of fused-ring (bicyclic) bond motifs is 1. The number of aromatic nitrogens is 1. The van der Waals surface area contributed by atoms with Crippen LogP contribution in [0.3, 0.4) is 0 Å². The topological polar surface area (TPSA) is 82.6 Å². The van der Waals surface area contributed by atoms with Crippen molar-refractivity contribution in [1.29, 1.82) is 0 Å². The molecule has 0 spiro atoms. The lowest BCUT2D eigenvalue weighted by Crippen LogP contribution is -2.49. The predicted molar refractivity (Wildman–Crippen MR) is 117 cm³/mol. The van der Waals surface area contributed by atoms with Gasteiger partial charge in [0.2, 0.25) is 15.9 Å². The van der Waals surface area contributed by atoms with Gasteiger partial charge in [0.05, 0.1) is 22.9 Å². The maximum atomic E-state index is 12.6. The molecule has 1 N–H and O–H groups in total. The predicted octanol–water partition coefficient (Wildman–Crippen LogP) is 2.56. The Hall–Kier alpha value is -2.65. The van der Waals surface area contributed by atoms with Crippen LogP contribution >= 0.6 is 11.3 Å². The highest BCUT2D eigenvalue weighted by Gasteiger charge is 2.23. The average Bonchev–Trinajstić information content (AvgIpc) is 3.13. The number of carbonyl (C=O) groups excluding carboxylic acids is 1. The third kappa shape index (κ3) is 4.86. The molecule has 2 aromatic carbocycles. The second-order valence-corrected chi connectivity index (χ2v) is 9.84. The van der Waals surface area contributed by atoms with Crippen molar-refractivity contribution < 1.29 is 13.2 Å². The molecule has 9 heteroatoms. The lowest BCUT2D eigenvalue weighted by atomic mass is 10.1. The number of thiazole rings is 1. The molecule has 1 saturated heterocycles. The first-order valence-electron chi connectivity index (χ1n) is 9.32. The van der Waals surface area contributed by atoms with Crippen molar-refractivity contribution in [3.05, 3.63) is 54.1 Å². The van der Waals surface area contributed by atoms with E-state index in [1.54, 1.807) is 35.6 Å². The van der Waals surface area contributed by atoms with E-state index in [-0.39, 0.29) is 5.91 Å². The molecule has 2 heterocycles. The zero-order valence-corrected chi connectivity index (χ0v) is 17.7. The minimum Gasteiger partial charge on any atom is -0.345 e. The first-order chi connectivity index (χ1) is 13.9. The second kappa shape index (κ2) is 8.00. The lowest BCUT2D eigenvalue weighted by molar-refractivity contribution is -0.130. The third-order valence-corrected chi connectivity index (χ3v) is 6.50. The van der Waals surface area contributed by atoms with E-state index in [4.69, 9.17) is 4.98 Å². The summed E-state index contributed by atoms with van der Waals surface area (Å²) in [5.41, 5.74) is 2.37. The van der Waals surface area contributed by atoms with Gasteiger partial charge in [-0.05, 0) is 29.8 Å². The molecule has 1 amide bonds. The summed E-state index contributed by atoms with van der Waals surface area (Å²) in [7, 11) is -3.30. The molecule has 1 aromatic heterocycles. The summed E-state index contributed by atoms with van der Waals surface area (Å²) in [5, 5.41) is 1.01. The molecule has 1 aliphatic rings. The van der Waals surface area contributed by atoms with Crippen LogP contribution in [0.25, 0.3) is 10.2 Å². The fourth-order valence-corrected chi connectivity index (χ4v) is 4.92. The molecule has 29 heavy (non-hydrogen) atoms. The van der Waals surface area contributed by atoms with Gasteiger partial charge in [0.25, 0.3) is 0 Å². The summed E-state index contributed by atoms with van der Waals surface area (Å²) in [5.74, 6) is 0.0813. The Labute approximate surface area is 174 Å². The number of carbonyl (C=O) groups is 1. The zero-order valence-electron chi connectivity index (χ0n) is 16.0. The number of amides is 1. The van der Waals surface area contributed by atoms with Gasteiger partial charge in [0.15, 0.2) is 5.13 Å². The minimum absolute atomic E-state index is 0.0813. The van der Waals surface area contributed by atoms with Gasteiger partial charge in [-0.25, -0.2) is 13.4 Å². The molecule has 0 unspecified atom stereocenters. The number of benzene rings is 2. The smallest absolute Gasteiger partial charge is 0.229 e. The number of hydrogen-bond donors (Lipinski definition) is 1. The highest BCUT2D eigenvalue weighted by molar-refractivity contribution is 7.92. The van der Waals surface area contributed by atoms with E-state index in [1.165, 1.54) is 4.70 Å². The molecule has 0 aliphatic carbocycles. The normalized spacial score (nSPS) is 14.9. The molecule has 0 saturated carbocycles. The number of hydrogen-bond acceptors (Lipinski definition) is 6. The molecule has 1 fully saturated rings. The van der Waals surface area contributed by atoms with E-state index in [1.807, 2.05) is 23.1 Å². The largest absolute Gasteiger partial charge is 0.345 e. The number of nitrogens with one attached hydrogen (secondary N) is 1. The molecule has 7 nitrogen and oxygen atoms in total. The van der Waals surface area contributed by atoms with Crippen molar-refractivity contribution in [3.8, 4) is 0 Å². The highest BCUT2D eigenvalue weighted by atomic mass is 32.2. The molecule has 0 atom stereocenters. The minimum atomic E-state index is -3.30. The molecule has 3 aromatic rings. The Morgan fingerprint density at radius 1 is 1.07 bits per heavy atom. The highest BCUT2D eigenvalue weighted by Crippen LogP contribution is 2.29. The summed E-state index contributed by atoms with van der Waals surface area (Å²) in [6, 6.07) is 15.0. The standard InChI is InChI=1S/C20H22N4O3S2/c1-29(26,27)22-16-8-6-15(7-9-16)14-19(25)23-10-12-24(13-11-23)20-21-17-4-2-3-5-18(17)28-20/h2-9,22H,10-14H2,1H3. The van der Waals surface area contributed by atoms with E-state index < -0.39 is 10.0 Å². The van der Waals surface area contributed by atoms with Crippen LogP contribution in [0.15, 0.2) is 48.5 Å². The van der Waals surface area contributed by atoms with Crippen molar-refractivity contribution in [2.45, 2.75) is 6.42 Å². The maximum absolute atomic E-state index is 12.6. The van der Waals surface area contributed by atoms with E-state index >= 15 is 0 Å². The van der Waals surface area contributed by atoms with Crippen molar-refractivity contribution >= 4 is 48.3 Å². The SMILES string of the molecule is CS(=O)(=O)Nc1ccc(CC(=O)N2CCN(c3nc4ccccc4s3)CC2)cc1. The summed E-state index contributed by atoms with van der Waals surface area (Å²) < 4.78 is 26.1. The maximum Gasteiger partial charge on any atom is 0.229 e. The van der Waals surface area contributed by atoms with Crippen LogP contribution in [0.1, 0.15) is 5.56 Å². The van der Waals surface area contributed by atoms with Crippen LogP contribution in [0.4, 0.5) is 10.8 Å². The summed E-state index contributed by atoms with van der Waals surface area (Å²) in [6.07, 6.45) is 1.42. The Balaban J connectivity index is 1.33. The quantitative estimate of drug-likeness (QED) is 0.673. The average molecular weight is 431 g/mol. The molecular formula is C20H22N4O3S2. The molecule has 1 aliphatic heterocycles. The van der Waals surface area contributed by atoms with Crippen LogP contribution < -0.4 is 9.62 Å². The molecule has 152 valence electrons. The number of nitrogens with zero attached hydrogens (tertiary/aromatic N) is 3. The first-order valence-corrected chi connectivity index (χ1v) is 12.0. The van der Waals surface area contributed by atoms with Crippen LogP contribution in [0.5, 0.6) is 0 Å². The molecule has 0 bridgehead atoms. The Morgan fingerprint density at radius 2 is 1.76 bits per heavy atom. The second-order valence-electron chi connectivity index (χ2n) is 7.08. The Bertz CT molecular complexity index is 1090. The number of para-hydroxylation sites is 1. The van der Waals surface area contributed by atoms with Crippen LogP contribution in [0, 0.1) is 0 Å². The van der Waals surface area contributed by atoms with Gasteiger partial charge in [0, 0.05) is 31.9 Å². The monoisotopic (exact) mass is 430 g/mol. The van der Waals surface area contributed by atoms with E-state index in [0.717, 1.165) is 35.6 Å². The summed E-state index contributed by atoms with van der Waals surface area (Å²) >= 11 is 1.68. The fraction of sp³-hybridized carbons (Fsp3) is 0.300. The van der Waals surface area contributed by atoms with Gasteiger partial charge < -0.3 is 9.80 Å². The summed E-state index contributed by atoms with van der Waals surface area (Å²) in [4.78, 5) is 21.5. The first kappa shape index (κ1) is 19.7. The van der Waals surface area contributed by atoms with E-state index in [0.29, 0.717) is 25.2 Å². The lowest BCUT2D eigenvalue weighted by Gasteiger charge is -2.34. The van der Waals surface area contributed by atoms with Gasteiger partial charge in [0.1, 0.15) is 0 Å². The summed E-state index contributed by atoms with van der Waals surface area (Å²) in [6.45, 7) is 2.87. The van der Waals surface area contributed by atoms with E-state index in [9.17, 15) is 13.2 Å². The number of piperazine rings is 1. The van der Waals surface area contributed by atoms with Gasteiger partial charge in [-0.1, -0.05) is 35.6 Å². The van der Waals surface area contributed by atoms with Crippen molar-refractivity contribution in [2.75, 3.05) is 42.1 Å². The third-order valence-electron chi connectivity index (χ3n) is 4.80. The Morgan fingerprint density at radius 3 is 2.41 bits per heavy atom. The van der Waals surface area contributed by atoms with Crippen molar-refractivity contribution in [2.24, 2.45) is 0 Å². The number of sulfonamides is 1.